The number of non-ortho nitro benzene ring substituents is 4. The highest BCUT2D eigenvalue weighted by Crippen LogP contribution is 2.63. The summed E-state index contributed by atoms with van der Waals surface area (Å²) >= 11 is 0. The molecular formula is C64H38N4O16P2. The van der Waals surface area contributed by atoms with Crippen LogP contribution in [0.1, 0.15) is 0 Å². The Morgan fingerprint density at radius 3 is 0.663 bits per heavy atom. The summed E-state index contributed by atoms with van der Waals surface area (Å²) in [5.41, 5.74) is 5.54. The molecule has 0 bridgehead atoms. The van der Waals surface area contributed by atoms with E-state index in [1.807, 2.05) is 121 Å². The zero-order valence-electron chi connectivity index (χ0n) is 44.1. The maximum atomic E-state index is 13.6. The Labute approximate surface area is 484 Å². The van der Waals surface area contributed by atoms with Crippen molar-refractivity contribution in [2.24, 2.45) is 0 Å². The van der Waals surface area contributed by atoms with Gasteiger partial charge in [-0.05, 0) is 138 Å². The molecule has 0 radical (unpaired) electrons. The lowest BCUT2D eigenvalue weighted by Gasteiger charge is -2.18. The normalized spacial score (nSPS) is 13.3. The van der Waals surface area contributed by atoms with Gasteiger partial charge >= 0.3 is 15.6 Å². The van der Waals surface area contributed by atoms with E-state index in [1.165, 1.54) is 48.5 Å². The summed E-state index contributed by atoms with van der Waals surface area (Å²) in [7, 11) is -9.62. The molecule has 86 heavy (non-hydrogen) atoms. The minimum Gasteiger partial charge on any atom is -0.394 e. The second kappa shape index (κ2) is 20.9. The van der Waals surface area contributed by atoms with Gasteiger partial charge in [-0.3, -0.25) is 50.2 Å². The molecule has 2 heterocycles. The van der Waals surface area contributed by atoms with Crippen LogP contribution in [0.15, 0.2) is 218 Å². The highest BCUT2D eigenvalue weighted by Gasteiger charge is 2.40. The van der Waals surface area contributed by atoms with Crippen LogP contribution in [0.25, 0.3) is 110 Å². The summed E-state index contributed by atoms with van der Waals surface area (Å²) in [4.78, 5) is 65.4. The minimum absolute atomic E-state index is 0.0862. The van der Waals surface area contributed by atoms with E-state index in [0.29, 0.717) is 66.8 Å². The molecular weight excluding hydrogens is 1140 g/mol. The standard InChI is InChI=1S/2C32H19N2O8P/c2*35-33(36)23-13-9-19(10-14-23)27-17-21-5-1-3-7-25(21)29-30-26-8-4-2-6-22(26)18-28(20-11-15-24(16-12-20)34(37)38)32(30)42-43(39,40)41-31(27)29/h2*1-18H,(H,39,40). The van der Waals surface area contributed by atoms with Crippen molar-refractivity contribution in [3.8, 4) is 89.8 Å². The second-order valence-corrected chi connectivity index (χ2v) is 22.5. The van der Waals surface area contributed by atoms with Crippen molar-refractivity contribution in [2.75, 3.05) is 0 Å². The summed E-state index contributed by atoms with van der Waals surface area (Å²) in [5, 5.41) is 51.3. The molecule has 0 aliphatic carbocycles. The van der Waals surface area contributed by atoms with Crippen molar-refractivity contribution < 1.29 is 56.7 Å². The number of fused-ring (bicyclic) bond motifs is 14. The van der Waals surface area contributed by atoms with E-state index in [4.69, 9.17) is 18.1 Å². The van der Waals surface area contributed by atoms with Gasteiger partial charge in [-0.1, -0.05) is 97.1 Å². The van der Waals surface area contributed by atoms with Gasteiger partial charge in [0.25, 0.3) is 22.7 Å². The average molecular weight is 1180 g/mol. The zero-order valence-corrected chi connectivity index (χ0v) is 45.9. The first kappa shape index (κ1) is 54.1. The SMILES string of the molecule is O=[N+]([O-])c1ccc(-c2cc3ccccc3c3c2OP(=O)(O)Oc2c(-c4ccc([N+](=O)[O-])cc4)cc4ccccc4c2-3)cc1.O=[N+]([O-])c1ccc(-c2cc3ccccc3c3c2OP(=O)(O)Oc2c(-c4ccc([N+](=O)[O-])cc4)cc4ccccc4c2-3)cc1. The Balaban J connectivity index is 0.000000160. The van der Waals surface area contributed by atoms with E-state index in [9.17, 15) is 59.4 Å². The third-order valence-corrected chi connectivity index (χ3v) is 16.5. The van der Waals surface area contributed by atoms with Crippen LogP contribution in [-0.4, -0.2) is 29.5 Å². The molecule has 2 N–H and O–H groups in total. The highest BCUT2D eigenvalue weighted by atomic mass is 31.2. The van der Waals surface area contributed by atoms with Crippen molar-refractivity contribution in [1.29, 1.82) is 0 Å². The molecule has 0 amide bonds. The number of nitro groups is 4. The fraction of sp³-hybridized carbons (Fsp3) is 0. The summed E-state index contributed by atoms with van der Waals surface area (Å²) in [5.74, 6) is 0.345. The van der Waals surface area contributed by atoms with E-state index in [-0.39, 0.29) is 45.7 Å². The average Bonchev–Trinajstić information content (AvgIpc) is 2.26. The smallest absolute Gasteiger partial charge is 0.394 e. The first-order chi connectivity index (χ1) is 41.4. The number of hydrogen-bond donors (Lipinski definition) is 2. The Morgan fingerprint density at radius 1 is 0.291 bits per heavy atom. The van der Waals surface area contributed by atoms with E-state index < -0.39 is 35.3 Å². The molecule has 0 unspecified atom stereocenters. The summed E-state index contributed by atoms with van der Waals surface area (Å²) in [6.07, 6.45) is 0. The van der Waals surface area contributed by atoms with Gasteiger partial charge in [0.15, 0.2) is 0 Å². The Morgan fingerprint density at radius 2 is 0.477 bits per heavy atom. The highest BCUT2D eigenvalue weighted by molar-refractivity contribution is 7.48. The Hall–Kier alpha value is -11.1. The predicted molar refractivity (Wildman–Crippen MR) is 324 cm³/mol. The fourth-order valence-electron chi connectivity index (χ4n) is 11.1. The van der Waals surface area contributed by atoms with Crippen LogP contribution in [0.4, 0.5) is 22.7 Å². The first-order valence-corrected chi connectivity index (χ1v) is 29.1. The quantitative estimate of drug-likeness (QED) is 0.0812. The Kier molecular flexibility index (Phi) is 13.2. The number of benzene rings is 12. The van der Waals surface area contributed by atoms with Crippen LogP contribution >= 0.6 is 15.6 Å². The van der Waals surface area contributed by atoms with Gasteiger partial charge in [-0.15, -0.1) is 0 Å². The van der Waals surface area contributed by atoms with Crippen LogP contribution in [-0.2, 0) is 9.13 Å². The van der Waals surface area contributed by atoms with Gasteiger partial charge in [-0.25, -0.2) is 9.13 Å². The monoisotopic (exact) mass is 1180 g/mol. The number of hydrogen-bond acceptors (Lipinski definition) is 14. The van der Waals surface area contributed by atoms with Crippen LogP contribution in [0.5, 0.6) is 23.0 Å². The molecule has 14 rings (SSSR count). The number of rotatable bonds is 8. The van der Waals surface area contributed by atoms with Crippen molar-refractivity contribution in [3.05, 3.63) is 259 Å². The number of phosphoric ester groups is 2. The summed E-state index contributed by atoms with van der Waals surface area (Å²) in [6, 6.07) is 60.6. The second-order valence-electron chi connectivity index (χ2n) is 19.9. The maximum Gasteiger partial charge on any atom is 0.584 e. The lowest BCUT2D eigenvalue weighted by atomic mass is 9.86. The van der Waals surface area contributed by atoms with Crippen molar-refractivity contribution in [2.45, 2.75) is 0 Å². The third-order valence-electron chi connectivity index (χ3n) is 14.9. The number of nitrogens with zero attached hydrogens (tertiary/aromatic N) is 4. The Bertz CT molecular complexity index is 4370. The molecule has 0 saturated carbocycles. The maximum absolute atomic E-state index is 13.6. The zero-order chi connectivity index (χ0) is 59.8. The number of nitro benzene ring substituents is 4. The molecule has 2 aliphatic heterocycles. The van der Waals surface area contributed by atoms with E-state index >= 15 is 0 Å². The van der Waals surface area contributed by atoms with Gasteiger partial charge < -0.3 is 18.1 Å². The lowest BCUT2D eigenvalue weighted by molar-refractivity contribution is -0.385. The molecule has 22 heteroatoms. The first-order valence-electron chi connectivity index (χ1n) is 26.1. The molecule has 12 aromatic carbocycles. The largest absolute Gasteiger partial charge is 0.584 e. The third kappa shape index (κ3) is 9.71. The molecule has 20 nitrogen and oxygen atoms in total. The molecule has 420 valence electrons. The van der Waals surface area contributed by atoms with Crippen LogP contribution in [0, 0.1) is 40.5 Å². The molecule has 0 fully saturated rings. The van der Waals surface area contributed by atoms with Crippen molar-refractivity contribution >= 4 is 81.5 Å². The van der Waals surface area contributed by atoms with E-state index in [2.05, 4.69) is 0 Å². The topological polar surface area (TPSA) is 284 Å². The summed E-state index contributed by atoms with van der Waals surface area (Å²) in [6.45, 7) is 0. The van der Waals surface area contributed by atoms with Gasteiger partial charge in [0, 0.05) is 93.0 Å². The predicted octanol–water partition coefficient (Wildman–Crippen LogP) is 17.4. The van der Waals surface area contributed by atoms with Gasteiger partial charge in [0.1, 0.15) is 23.0 Å². The fourth-order valence-corrected chi connectivity index (χ4v) is 12.8. The van der Waals surface area contributed by atoms with Crippen LogP contribution in [0.3, 0.4) is 0 Å². The molecule has 12 aromatic rings. The molecule has 0 saturated heterocycles. The molecule has 2 aliphatic rings. The van der Waals surface area contributed by atoms with Gasteiger partial charge in [0.2, 0.25) is 0 Å². The van der Waals surface area contributed by atoms with Crippen molar-refractivity contribution in [3.63, 3.8) is 0 Å². The van der Waals surface area contributed by atoms with Gasteiger partial charge in [-0.2, -0.15) is 0 Å². The van der Waals surface area contributed by atoms with E-state index in [0.717, 1.165) is 43.1 Å². The lowest BCUT2D eigenvalue weighted by Crippen LogP contribution is -2.00. The molecule has 0 atom stereocenters. The molecule has 0 aromatic heterocycles. The summed E-state index contributed by atoms with van der Waals surface area (Å²) < 4.78 is 50.7. The van der Waals surface area contributed by atoms with Gasteiger partial charge in [0.05, 0.1) is 19.7 Å². The van der Waals surface area contributed by atoms with Crippen LogP contribution in [0.2, 0.25) is 0 Å². The van der Waals surface area contributed by atoms with Crippen LogP contribution < -0.4 is 18.1 Å². The van der Waals surface area contributed by atoms with E-state index in [1.54, 1.807) is 48.5 Å². The van der Waals surface area contributed by atoms with Crippen molar-refractivity contribution in [1.82, 2.24) is 0 Å². The molecule has 0 spiro atoms. The number of phosphoric acid groups is 2. The minimum atomic E-state index is -4.81.